The first-order valence-electron chi connectivity index (χ1n) is 11.9. The van der Waals surface area contributed by atoms with Crippen LogP contribution in [0.1, 0.15) is 43.1 Å². The molecule has 0 unspecified atom stereocenters. The minimum atomic E-state index is -4.65. The molecule has 1 aromatic heterocycles. The van der Waals surface area contributed by atoms with Crippen molar-refractivity contribution < 1.29 is 27.9 Å². The summed E-state index contributed by atoms with van der Waals surface area (Å²) in [5.41, 5.74) is 3.06. The molecule has 2 amide bonds. The van der Waals surface area contributed by atoms with Gasteiger partial charge >= 0.3 is 6.18 Å². The van der Waals surface area contributed by atoms with Gasteiger partial charge in [-0.15, -0.1) is 5.10 Å². The van der Waals surface area contributed by atoms with Crippen LogP contribution in [-0.4, -0.2) is 44.7 Å². The van der Waals surface area contributed by atoms with Crippen LogP contribution in [0.15, 0.2) is 72.0 Å². The Bertz CT molecular complexity index is 1610. The van der Waals surface area contributed by atoms with Crippen LogP contribution in [0, 0.1) is 0 Å². The van der Waals surface area contributed by atoms with Crippen LogP contribution < -0.4 is 10.7 Å². The average molecular weight is 605 g/mol. The number of rotatable bonds is 9. The summed E-state index contributed by atoms with van der Waals surface area (Å²) < 4.78 is 40.9. The number of hydrogen-bond donors (Lipinski definition) is 3. The number of benzene rings is 3. The van der Waals surface area contributed by atoms with Crippen molar-refractivity contribution in [1.82, 2.24) is 20.4 Å². The highest BCUT2D eigenvalue weighted by Crippen LogP contribution is 2.34. The number of hydrogen-bond acceptors (Lipinski definition) is 6. The zero-order valence-corrected chi connectivity index (χ0v) is 22.5. The predicted octanol–water partition coefficient (Wildman–Crippen LogP) is 5.20. The largest absolute Gasteiger partial charge is 0.417 e. The van der Waals surface area contributed by atoms with Gasteiger partial charge in [0, 0.05) is 29.8 Å². The molecule has 0 saturated heterocycles. The normalized spacial score (nSPS) is 11.6. The van der Waals surface area contributed by atoms with E-state index < -0.39 is 28.6 Å². The maximum absolute atomic E-state index is 13.1. The summed E-state index contributed by atoms with van der Waals surface area (Å²) >= 11 is 11.7. The lowest BCUT2D eigenvalue weighted by atomic mass is 10.1. The molecule has 4 aromatic rings. The number of carbonyl (C=O) groups is 2. The molecular weight excluding hydrogens is 584 g/mol. The Morgan fingerprint density at radius 3 is 2.61 bits per heavy atom. The molecule has 0 fully saturated rings. The van der Waals surface area contributed by atoms with Crippen molar-refractivity contribution in [3.8, 4) is 0 Å². The van der Waals surface area contributed by atoms with E-state index in [0.717, 1.165) is 23.9 Å². The van der Waals surface area contributed by atoms with E-state index in [1.54, 1.807) is 29.1 Å². The van der Waals surface area contributed by atoms with Crippen LogP contribution in [0.5, 0.6) is 0 Å². The highest BCUT2D eigenvalue weighted by Gasteiger charge is 2.33. The summed E-state index contributed by atoms with van der Waals surface area (Å²) in [6.45, 7) is 0.292. The van der Waals surface area contributed by atoms with Gasteiger partial charge in [0.05, 0.1) is 40.3 Å². The summed E-state index contributed by atoms with van der Waals surface area (Å²) in [5.74, 6) is -1.27. The van der Waals surface area contributed by atoms with Gasteiger partial charge in [0.25, 0.3) is 11.8 Å². The Balaban J connectivity index is 1.46. The van der Waals surface area contributed by atoms with E-state index in [-0.39, 0.29) is 28.4 Å². The number of nitrogens with zero attached hydrogens (tertiary/aromatic N) is 4. The Labute approximate surface area is 241 Å². The molecule has 0 radical (unpaired) electrons. The molecule has 0 aliphatic rings. The molecule has 0 saturated carbocycles. The molecule has 0 bridgehead atoms. The van der Waals surface area contributed by atoms with Crippen LogP contribution in [0.4, 0.5) is 18.9 Å². The molecule has 9 nitrogen and oxygen atoms in total. The first kappa shape index (κ1) is 29.7. The monoisotopic (exact) mass is 604 g/mol. The van der Waals surface area contributed by atoms with Crippen LogP contribution in [-0.2, 0) is 19.1 Å². The molecule has 212 valence electrons. The van der Waals surface area contributed by atoms with Crippen molar-refractivity contribution in [1.29, 1.82) is 0 Å². The SMILES string of the molecule is O=C(Nc1ccc(Cl)cc1C(=O)NN=Cc1ccc(Cl)c(C(F)(F)F)c1)c1cccc(Cn2cc(CCO)nn2)c1. The third-order valence-electron chi connectivity index (χ3n) is 5.64. The van der Waals surface area contributed by atoms with E-state index in [4.69, 9.17) is 28.3 Å². The van der Waals surface area contributed by atoms with E-state index >= 15 is 0 Å². The van der Waals surface area contributed by atoms with Crippen molar-refractivity contribution in [2.24, 2.45) is 5.10 Å². The molecule has 4 rings (SSSR count). The zero-order valence-electron chi connectivity index (χ0n) is 21.0. The van der Waals surface area contributed by atoms with Crippen molar-refractivity contribution >= 4 is 46.9 Å². The Morgan fingerprint density at radius 2 is 1.85 bits per heavy atom. The minimum absolute atomic E-state index is 0.0229. The van der Waals surface area contributed by atoms with Gasteiger partial charge in [-0.05, 0) is 53.6 Å². The van der Waals surface area contributed by atoms with Gasteiger partial charge in [0.2, 0.25) is 0 Å². The van der Waals surface area contributed by atoms with E-state index in [1.165, 1.54) is 24.3 Å². The number of aromatic nitrogens is 3. The maximum Gasteiger partial charge on any atom is 0.417 e. The molecule has 0 aliphatic carbocycles. The quantitative estimate of drug-likeness (QED) is 0.179. The number of carbonyl (C=O) groups excluding carboxylic acids is 2. The fourth-order valence-corrected chi connectivity index (χ4v) is 4.11. The second-order valence-corrected chi connectivity index (χ2v) is 9.51. The molecule has 14 heteroatoms. The van der Waals surface area contributed by atoms with Crippen molar-refractivity contribution in [3.63, 3.8) is 0 Å². The van der Waals surface area contributed by atoms with Crippen LogP contribution in [0.25, 0.3) is 0 Å². The second kappa shape index (κ2) is 12.9. The van der Waals surface area contributed by atoms with Crippen LogP contribution in [0.3, 0.4) is 0 Å². The molecule has 0 atom stereocenters. The van der Waals surface area contributed by atoms with Gasteiger partial charge in [-0.2, -0.15) is 18.3 Å². The van der Waals surface area contributed by atoms with E-state index in [0.29, 0.717) is 24.2 Å². The van der Waals surface area contributed by atoms with Gasteiger partial charge < -0.3 is 10.4 Å². The summed E-state index contributed by atoms with van der Waals surface area (Å²) in [7, 11) is 0. The zero-order chi connectivity index (χ0) is 29.6. The van der Waals surface area contributed by atoms with Gasteiger partial charge in [-0.25, -0.2) is 10.1 Å². The average Bonchev–Trinajstić information content (AvgIpc) is 3.36. The maximum atomic E-state index is 13.1. The highest BCUT2D eigenvalue weighted by molar-refractivity contribution is 6.31. The number of alkyl halides is 3. The van der Waals surface area contributed by atoms with Gasteiger partial charge in [-0.3, -0.25) is 9.59 Å². The van der Waals surface area contributed by atoms with Gasteiger partial charge in [0.15, 0.2) is 0 Å². The fourth-order valence-electron chi connectivity index (χ4n) is 3.72. The minimum Gasteiger partial charge on any atom is -0.396 e. The predicted molar refractivity (Wildman–Crippen MR) is 147 cm³/mol. The standard InChI is InChI=1S/C27H21Cl2F3N6O3/c28-19-5-7-24(21(12-19)26(41)36-33-13-16-4-6-23(29)22(11-16)27(30,31)32)34-25(40)18-3-1-2-17(10-18)14-38-15-20(8-9-39)35-37-38/h1-7,10-13,15,39H,8-9,14H2,(H,34,40)(H,36,41). The second-order valence-electron chi connectivity index (χ2n) is 8.66. The number of anilines is 1. The smallest absolute Gasteiger partial charge is 0.396 e. The molecular formula is C27H21Cl2F3N6O3. The molecule has 3 N–H and O–H groups in total. The third kappa shape index (κ3) is 7.91. The van der Waals surface area contributed by atoms with Crippen molar-refractivity contribution in [3.05, 3.63) is 110 Å². The Hall–Kier alpha value is -4.26. The number of aliphatic hydroxyl groups excluding tert-OH is 1. The molecule has 41 heavy (non-hydrogen) atoms. The van der Waals surface area contributed by atoms with Crippen LogP contribution in [0.2, 0.25) is 10.0 Å². The lowest BCUT2D eigenvalue weighted by molar-refractivity contribution is -0.137. The summed E-state index contributed by atoms with van der Waals surface area (Å²) in [6.07, 6.45) is -1.55. The lowest BCUT2D eigenvalue weighted by Gasteiger charge is -2.12. The Morgan fingerprint density at radius 1 is 1.05 bits per heavy atom. The Kier molecular flexibility index (Phi) is 9.38. The lowest BCUT2D eigenvalue weighted by Crippen LogP contribution is -2.21. The van der Waals surface area contributed by atoms with Crippen LogP contribution >= 0.6 is 23.2 Å². The molecule has 0 aliphatic heterocycles. The number of aliphatic hydroxyl groups is 1. The fraction of sp³-hybridized carbons (Fsp3) is 0.148. The summed E-state index contributed by atoms with van der Waals surface area (Å²) in [5, 5.41) is 23.2. The van der Waals surface area contributed by atoms with E-state index in [2.05, 4.69) is 26.2 Å². The summed E-state index contributed by atoms with van der Waals surface area (Å²) in [4.78, 5) is 25.9. The first-order valence-corrected chi connectivity index (χ1v) is 12.7. The van der Waals surface area contributed by atoms with Gasteiger partial charge in [-0.1, -0.05) is 46.6 Å². The van der Waals surface area contributed by atoms with Gasteiger partial charge in [0.1, 0.15) is 0 Å². The molecule has 3 aromatic carbocycles. The molecule has 0 spiro atoms. The topological polar surface area (TPSA) is 122 Å². The van der Waals surface area contributed by atoms with E-state index in [9.17, 15) is 22.8 Å². The molecule has 1 heterocycles. The number of hydrazone groups is 1. The first-order chi connectivity index (χ1) is 19.5. The summed E-state index contributed by atoms with van der Waals surface area (Å²) in [6, 6.07) is 14.2. The van der Waals surface area contributed by atoms with Crippen molar-refractivity contribution in [2.75, 3.05) is 11.9 Å². The van der Waals surface area contributed by atoms with E-state index in [1.807, 2.05) is 6.07 Å². The third-order valence-corrected chi connectivity index (χ3v) is 6.20. The highest BCUT2D eigenvalue weighted by atomic mass is 35.5. The number of halogens is 5. The number of nitrogens with one attached hydrogen (secondary N) is 2. The number of amides is 2. The van der Waals surface area contributed by atoms with Crippen molar-refractivity contribution in [2.45, 2.75) is 19.1 Å².